The van der Waals surface area contributed by atoms with Gasteiger partial charge in [-0.1, -0.05) is 0 Å². The fourth-order valence-corrected chi connectivity index (χ4v) is 3.85. The number of nitrogens with two attached hydrogens (primary N) is 1. The van der Waals surface area contributed by atoms with Crippen molar-refractivity contribution in [1.29, 1.82) is 0 Å². The molecule has 0 aromatic rings. The third-order valence-corrected chi connectivity index (χ3v) is 4.34. The number of rotatable bonds is 1. The molecule has 1 heterocycles. The Kier molecular flexibility index (Phi) is 3.33. The summed E-state index contributed by atoms with van der Waals surface area (Å²) in [4.78, 5) is 0. The van der Waals surface area contributed by atoms with Gasteiger partial charge < -0.3 is 10.7 Å². The molecular formula is C5H10ClN3O2S2. The summed E-state index contributed by atoms with van der Waals surface area (Å²) in [5, 5.41) is 2.47. The van der Waals surface area contributed by atoms with E-state index in [-0.39, 0.29) is 22.7 Å². The Labute approximate surface area is 86.9 Å². The Morgan fingerprint density at radius 3 is 2.54 bits per heavy atom. The van der Waals surface area contributed by atoms with Crippen molar-refractivity contribution in [3.8, 4) is 0 Å². The molecule has 0 aromatic heterocycles. The minimum absolute atomic E-state index is 0.00296. The van der Waals surface area contributed by atoms with Gasteiger partial charge in [0.15, 0.2) is 14.9 Å². The van der Waals surface area contributed by atoms with E-state index in [4.69, 9.17) is 29.7 Å². The molecule has 0 spiro atoms. The summed E-state index contributed by atoms with van der Waals surface area (Å²) >= 11 is 10.5. The molecule has 8 heteroatoms. The Balaban J connectivity index is 2.59. The van der Waals surface area contributed by atoms with Crippen molar-refractivity contribution in [2.45, 2.75) is 11.4 Å². The Bertz CT molecular complexity index is 305. The predicted octanol–water partition coefficient (Wildman–Crippen LogP) is -1.27. The fraction of sp³-hybridized carbons (Fsp3) is 0.800. The van der Waals surface area contributed by atoms with Crippen LogP contribution < -0.4 is 16.6 Å². The normalized spacial score (nSPS) is 31.2. The lowest BCUT2D eigenvalue weighted by atomic mass is 10.3. The molecule has 0 aliphatic carbocycles. The largest absolute Gasteiger partial charge is 0.356 e. The first kappa shape index (κ1) is 11.0. The van der Waals surface area contributed by atoms with Crippen LogP contribution in [0.3, 0.4) is 0 Å². The topological polar surface area (TPSA) is 84.2 Å². The van der Waals surface area contributed by atoms with Crippen molar-refractivity contribution in [2.75, 3.05) is 11.5 Å². The maximum Gasteiger partial charge on any atom is 0.180 e. The molecule has 0 aromatic carbocycles. The number of alkyl halides is 1. The summed E-state index contributed by atoms with van der Waals surface area (Å²) in [5.74, 6) is 5.01. The van der Waals surface area contributed by atoms with E-state index >= 15 is 0 Å². The Morgan fingerprint density at radius 1 is 1.54 bits per heavy atom. The van der Waals surface area contributed by atoms with E-state index in [0.717, 1.165) is 0 Å². The number of hydrogen-bond acceptors (Lipinski definition) is 4. The van der Waals surface area contributed by atoms with Gasteiger partial charge >= 0.3 is 0 Å². The zero-order valence-electron chi connectivity index (χ0n) is 6.66. The van der Waals surface area contributed by atoms with Gasteiger partial charge in [0.25, 0.3) is 0 Å². The molecule has 0 amide bonds. The van der Waals surface area contributed by atoms with Crippen molar-refractivity contribution in [3.63, 3.8) is 0 Å². The van der Waals surface area contributed by atoms with Crippen LogP contribution in [-0.2, 0) is 9.84 Å². The quantitative estimate of drug-likeness (QED) is 0.231. The highest BCUT2D eigenvalue weighted by Gasteiger charge is 2.36. The van der Waals surface area contributed by atoms with Gasteiger partial charge in [-0.25, -0.2) is 14.3 Å². The van der Waals surface area contributed by atoms with Crippen LogP contribution in [0, 0.1) is 0 Å². The molecule has 13 heavy (non-hydrogen) atoms. The lowest BCUT2D eigenvalue weighted by molar-refractivity contribution is 0.600. The van der Waals surface area contributed by atoms with Crippen LogP contribution in [0.1, 0.15) is 0 Å². The van der Waals surface area contributed by atoms with Gasteiger partial charge in [0, 0.05) is 0 Å². The van der Waals surface area contributed by atoms with Gasteiger partial charge in [0.05, 0.1) is 22.9 Å². The molecular weight excluding hydrogens is 234 g/mol. The second-order valence-corrected chi connectivity index (χ2v) is 5.94. The van der Waals surface area contributed by atoms with Crippen LogP contribution in [0.25, 0.3) is 0 Å². The molecule has 0 bridgehead atoms. The highest BCUT2D eigenvalue weighted by atomic mass is 35.5. The molecule has 2 atom stereocenters. The first-order valence-corrected chi connectivity index (χ1v) is 6.23. The molecule has 1 fully saturated rings. The van der Waals surface area contributed by atoms with E-state index in [2.05, 4.69) is 10.7 Å². The number of thiocarbonyl (C=S) groups is 1. The van der Waals surface area contributed by atoms with Gasteiger partial charge in [0.2, 0.25) is 0 Å². The van der Waals surface area contributed by atoms with E-state index in [1.54, 1.807) is 0 Å². The molecule has 0 radical (unpaired) electrons. The van der Waals surface area contributed by atoms with Crippen LogP contribution in [0.4, 0.5) is 0 Å². The smallest absolute Gasteiger partial charge is 0.180 e. The average molecular weight is 244 g/mol. The Morgan fingerprint density at radius 2 is 2.15 bits per heavy atom. The number of nitrogens with one attached hydrogen (secondary N) is 2. The van der Waals surface area contributed by atoms with Crippen LogP contribution in [0.5, 0.6) is 0 Å². The van der Waals surface area contributed by atoms with Crippen molar-refractivity contribution >= 4 is 38.8 Å². The summed E-state index contributed by atoms with van der Waals surface area (Å²) in [6.07, 6.45) is 0. The summed E-state index contributed by atoms with van der Waals surface area (Å²) in [6.45, 7) is 0. The van der Waals surface area contributed by atoms with Crippen molar-refractivity contribution < 1.29 is 8.42 Å². The van der Waals surface area contributed by atoms with Crippen LogP contribution in [0.15, 0.2) is 0 Å². The summed E-state index contributed by atoms with van der Waals surface area (Å²) in [6, 6.07) is -0.352. The van der Waals surface area contributed by atoms with E-state index in [0.29, 0.717) is 0 Å². The highest BCUT2D eigenvalue weighted by Crippen LogP contribution is 2.17. The summed E-state index contributed by atoms with van der Waals surface area (Å²) in [7, 11) is -3.02. The van der Waals surface area contributed by atoms with Crippen molar-refractivity contribution in [3.05, 3.63) is 0 Å². The molecule has 4 N–H and O–H groups in total. The number of hydrogen-bond donors (Lipinski definition) is 3. The van der Waals surface area contributed by atoms with Gasteiger partial charge in [-0.3, -0.25) is 0 Å². The third kappa shape index (κ3) is 2.94. The van der Waals surface area contributed by atoms with E-state index in [9.17, 15) is 8.42 Å². The van der Waals surface area contributed by atoms with Crippen LogP contribution >= 0.6 is 23.8 Å². The third-order valence-electron chi connectivity index (χ3n) is 1.73. The summed E-state index contributed by atoms with van der Waals surface area (Å²) in [5.41, 5.74) is 2.21. The standard InChI is InChI=1S/C5H10ClN3O2S2/c6-3-1-13(10,11)2-4(3)8-5(12)9-7/h3-4H,1-2,7H2,(H2,8,9,12). The van der Waals surface area contributed by atoms with E-state index in [1.807, 2.05) is 0 Å². The monoisotopic (exact) mass is 243 g/mol. The first-order chi connectivity index (χ1) is 5.94. The zero-order chi connectivity index (χ0) is 10.1. The molecule has 5 nitrogen and oxygen atoms in total. The molecule has 1 saturated heterocycles. The lowest BCUT2D eigenvalue weighted by Crippen LogP contribution is -2.48. The molecule has 0 saturated carbocycles. The average Bonchev–Trinajstić information content (AvgIpc) is 2.24. The molecule has 2 unspecified atom stereocenters. The highest BCUT2D eigenvalue weighted by molar-refractivity contribution is 7.91. The van der Waals surface area contributed by atoms with Gasteiger partial charge in [-0.15, -0.1) is 11.6 Å². The Hall–Kier alpha value is -0.110. The molecule has 1 aliphatic rings. The van der Waals surface area contributed by atoms with Gasteiger partial charge in [-0.05, 0) is 12.2 Å². The van der Waals surface area contributed by atoms with Crippen molar-refractivity contribution in [1.82, 2.24) is 10.7 Å². The second kappa shape index (κ2) is 3.95. The SMILES string of the molecule is NNC(=S)NC1CS(=O)(=O)CC1Cl. The number of hydrazine groups is 1. The molecule has 76 valence electrons. The molecule has 1 aliphatic heterocycles. The maximum atomic E-state index is 11.1. The first-order valence-electron chi connectivity index (χ1n) is 3.56. The minimum atomic E-state index is -3.02. The predicted molar refractivity (Wildman–Crippen MR) is 55.1 cm³/mol. The fourth-order valence-electron chi connectivity index (χ4n) is 1.15. The number of halogens is 1. The van der Waals surface area contributed by atoms with Gasteiger partial charge in [-0.2, -0.15) is 0 Å². The maximum absolute atomic E-state index is 11.1. The van der Waals surface area contributed by atoms with Crippen molar-refractivity contribution in [2.24, 2.45) is 5.84 Å². The zero-order valence-corrected chi connectivity index (χ0v) is 9.05. The summed E-state index contributed by atoms with van der Waals surface area (Å²) < 4.78 is 22.2. The van der Waals surface area contributed by atoms with Crippen LogP contribution in [0.2, 0.25) is 0 Å². The van der Waals surface area contributed by atoms with Gasteiger partial charge in [0.1, 0.15) is 0 Å². The van der Waals surface area contributed by atoms with E-state index in [1.165, 1.54) is 0 Å². The second-order valence-electron chi connectivity index (χ2n) is 2.82. The van der Waals surface area contributed by atoms with E-state index < -0.39 is 15.2 Å². The van der Waals surface area contributed by atoms with Crippen LogP contribution in [-0.4, -0.2) is 36.5 Å². The minimum Gasteiger partial charge on any atom is -0.356 e. The lowest BCUT2D eigenvalue weighted by Gasteiger charge is -2.15. The molecule has 1 rings (SSSR count). The number of sulfone groups is 1.